The fourth-order valence-electron chi connectivity index (χ4n) is 1.61. The van der Waals surface area contributed by atoms with Crippen LogP contribution in [0, 0.1) is 0 Å². The van der Waals surface area contributed by atoms with Gasteiger partial charge in [0.05, 0.1) is 5.02 Å². The van der Waals surface area contributed by atoms with Crippen molar-refractivity contribution in [2.45, 2.75) is 12.8 Å². The molecule has 17 heavy (non-hydrogen) atoms. The summed E-state index contributed by atoms with van der Waals surface area (Å²) < 4.78 is 0. The molecule has 2 nitrogen and oxygen atoms in total. The van der Waals surface area contributed by atoms with Crippen molar-refractivity contribution >= 4 is 17.4 Å². The molecule has 1 aromatic carbocycles. The van der Waals surface area contributed by atoms with Gasteiger partial charge in [-0.15, -0.1) is 0 Å². The van der Waals surface area contributed by atoms with E-state index in [0.29, 0.717) is 23.4 Å². The zero-order valence-corrected chi connectivity index (χ0v) is 10.0. The number of carbonyl (C=O) groups excluding carboxylic acids is 1. The molecule has 0 N–H and O–H groups in total. The van der Waals surface area contributed by atoms with Gasteiger partial charge >= 0.3 is 0 Å². The number of pyridine rings is 1. The van der Waals surface area contributed by atoms with Crippen molar-refractivity contribution < 1.29 is 4.79 Å². The summed E-state index contributed by atoms with van der Waals surface area (Å²) in [7, 11) is 0. The van der Waals surface area contributed by atoms with E-state index >= 15 is 0 Å². The summed E-state index contributed by atoms with van der Waals surface area (Å²) in [6, 6.07) is 12.8. The van der Waals surface area contributed by atoms with Crippen LogP contribution in [0.15, 0.2) is 48.7 Å². The monoisotopic (exact) mass is 245 g/mol. The highest BCUT2D eigenvalue weighted by Gasteiger charge is 2.09. The summed E-state index contributed by atoms with van der Waals surface area (Å²) in [5.41, 5.74) is 1.51. The first kappa shape index (κ1) is 11.8. The molecule has 0 atom stereocenters. The number of aryl methyl sites for hydroxylation is 1. The van der Waals surface area contributed by atoms with Crippen molar-refractivity contribution in [1.82, 2.24) is 4.98 Å². The van der Waals surface area contributed by atoms with Crippen molar-refractivity contribution in [1.29, 1.82) is 0 Å². The molecule has 0 saturated heterocycles. The molecular formula is C14H12ClNO. The Balaban J connectivity index is 2.01. The Bertz CT molecular complexity index is 511. The number of aromatic nitrogens is 1. The van der Waals surface area contributed by atoms with Gasteiger partial charge in [0.25, 0.3) is 0 Å². The highest BCUT2D eigenvalue weighted by atomic mass is 35.5. The summed E-state index contributed by atoms with van der Waals surface area (Å²) >= 11 is 5.96. The lowest BCUT2D eigenvalue weighted by Gasteiger charge is -2.03. The van der Waals surface area contributed by atoms with Gasteiger partial charge in [-0.25, -0.2) is 0 Å². The van der Waals surface area contributed by atoms with Gasteiger partial charge in [0, 0.05) is 23.9 Å². The Labute approximate surface area is 105 Å². The summed E-state index contributed by atoms with van der Waals surface area (Å²) in [5, 5.41) is 0.513. The van der Waals surface area contributed by atoms with E-state index in [0.717, 1.165) is 5.69 Å². The van der Waals surface area contributed by atoms with E-state index in [9.17, 15) is 4.79 Å². The van der Waals surface area contributed by atoms with Crippen LogP contribution in [0.5, 0.6) is 0 Å². The maximum Gasteiger partial charge on any atom is 0.164 e. The molecule has 0 aliphatic carbocycles. The Kier molecular flexibility index (Phi) is 3.89. The minimum absolute atomic E-state index is 0.0567. The van der Waals surface area contributed by atoms with E-state index in [2.05, 4.69) is 4.98 Å². The van der Waals surface area contributed by atoms with Gasteiger partial charge in [-0.2, -0.15) is 0 Å². The Hall–Kier alpha value is -1.67. The molecule has 0 radical (unpaired) electrons. The SMILES string of the molecule is O=C(CCc1ccccn1)c1ccccc1Cl. The molecule has 1 heterocycles. The fourth-order valence-corrected chi connectivity index (χ4v) is 1.85. The minimum atomic E-state index is 0.0567. The predicted molar refractivity (Wildman–Crippen MR) is 68.3 cm³/mol. The number of carbonyl (C=O) groups is 1. The lowest BCUT2D eigenvalue weighted by Crippen LogP contribution is -2.02. The number of hydrogen-bond donors (Lipinski definition) is 0. The standard InChI is InChI=1S/C14H12ClNO/c15-13-7-2-1-6-12(13)14(17)9-8-11-5-3-4-10-16-11/h1-7,10H,8-9H2. The molecule has 0 aliphatic heterocycles. The second-order valence-corrected chi connectivity index (χ2v) is 4.13. The van der Waals surface area contributed by atoms with E-state index in [4.69, 9.17) is 11.6 Å². The first-order chi connectivity index (χ1) is 8.27. The van der Waals surface area contributed by atoms with Crippen LogP contribution in [0.25, 0.3) is 0 Å². The van der Waals surface area contributed by atoms with Crippen LogP contribution in [0.3, 0.4) is 0 Å². The van der Waals surface area contributed by atoms with Gasteiger partial charge in [-0.3, -0.25) is 9.78 Å². The lowest BCUT2D eigenvalue weighted by molar-refractivity contribution is 0.0982. The van der Waals surface area contributed by atoms with Crippen LogP contribution in [0.4, 0.5) is 0 Å². The molecule has 0 aliphatic rings. The molecule has 0 spiro atoms. The number of ketones is 1. The quantitative estimate of drug-likeness (QED) is 0.771. The van der Waals surface area contributed by atoms with E-state index in [1.807, 2.05) is 30.3 Å². The van der Waals surface area contributed by atoms with Crippen LogP contribution < -0.4 is 0 Å². The van der Waals surface area contributed by atoms with Crippen LogP contribution in [-0.4, -0.2) is 10.8 Å². The number of halogens is 1. The predicted octanol–water partition coefficient (Wildman–Crippen LogP) is 3.55. The number of nitrogens with zero attached hydrogens (tertiary/aromatic N) is 1. The first-order valence-electron chi connectivity index (χ1n) is 5.45. The minimum Gasteiger partial charge on any atom is -0.294 e. The maximum absolute atomic E-state index is 11.9. The molecular weight excluding hydrogens is 234 g/mol. The molecule has 0 unspecified atom stereocenters. The third-order valence-corrected chi connectivity index (χ3v) is 2.84. The molecule has 86 valence electrons. The van der Waals surface area contributed by atoms with Gasteiger partial charge in [0.1, 0.15) is 0 Å². The average molecular weight is 246 g/mol. The number of Topliss-reactive ketones (excluding diaryl/α,β-unsaturated/α-hetero) is 1. The van der Waals surface area contributed by atoms with E-state index in [-0.39, 0.29) is 5.78 Å². The third kappa shape index (κ3) is 3.14. The van der Waals surface area contributed by atoms with Crippen molar-refractivity contribution in [2.75, 3.05) is 0 Å². The molecule has 3 heteroatoms. The van der Waals surface area contributed by atoms with Crippen molar-refractivity contribution in [3.63, 3.8) is 0 Å². The fraction of sp³-hybridized carbons (Fsp3) is 0.143. The Morgan fingerprint density at radius 2 is 1.88 bits per heavy atom. The summed E-state index contributed by atoms with van der Waals surface area (Å²) in [5.74, 6) is 0.0567. The van der Waals surface area contributed by atoms with E-state index in [1.54, 1.807) is 18.3 Å². The highest BCUT2D eigenvalue weighted by molar-refractivity contribution is 6.33. The maximum atomic E-state index is 11.9. The zero-order valence-electron chi connectivity index (χ0n) is 9.27. The van der Waals surface area contributed by atoms with Crippen LogP contribution in [0.1, 0.15) is 22.5 Å². The smallest absolute Gasteiger partial charge is 0.164 e. The largest absolute Gasteiger partial charge is 0.294 e. The number of benzene rings is 1. The molecule has 0 amide bonds. The molecule has 0 fully saturated rings. The normalized spacial score (nSPS) is 10.2. The van der Waals surface area contributed by atoms with Crippen LogP contribution >= 0.6 is 11.6 Å². The van der Waals surface area contributed by atoms with Gasteiger partial charge in [-0.1, -0.05) is 29.8 Å². The van der Waals surface area contributed by atoms with Crippen molar-refractivity contribution in [3.05, 3.63) is 64.9 Å². The second-order valence-electron chi connectivity index (χ2n) is 3.72. The lowest BCUT2D eigenvalue weighted by atomic mass is 10.1. The number of rotatable bonds is 4. The topological polar surface area (TPSA) is 30.0 Å². The number of hydrogen-bond acceptors (Lipinski definition) is 2. The van der Waals surface area contributed by atoms with Gasteiger partial charge in [0.15, 0.2) is 5.78 Å². The molecule has 1 aromatic heterocycles. The van der Waals surface area contributed by atoms with Gasteiger partial charge in [-0.05, 0) is 30.7 Å². The van der Waals surface area contributed by atoms with Gasteiger partial charge < -0.3 is 0 Å². The second kappa shape index (κ2) is 5.60. The molecule has 0 saturated carbocycles. The summed E-state index contributed by atoms with van der Waals surface area (Å²) in [4.78, 5) is 16.1. The molecule has 2 aromatic rings. The first-order valence-corrected chi connectivity index (χ1v) is 5.83. The Morgan fingerprint density at radius 1 is 1.12 bits per heavy atom. The summed E-state index contributed by atoms with van der Waals surface area (Å²) in [6.07, 6.45) is 2.81. The molecule has 2 rings (SSSR count). The van der Waals surface area contributed by atoms with Crippen LogP contribution in [-0.2, 0) is 6.42 Å². The van der Waals surface area contributed by atoms with E-state index in [1.165, 1.54) is 0 Å². The highest BCUT2D eigenvalue weighted by Crippen LogP contribution is 2.17. The summed E-state index contributed by atoms with van der Waals surface area (Å²) in [6.45, 7) is 0. The van der Waals surface area contributed by atoms with Crippen LogP contribution in [0.2, 0.25) is 5.02 Å². The van der Waals surface area contributed by atoms with Crippen molar-refractivity contribution in [2.24, 2.45) is 0 Å². The Morgan fingerprint density at radius 3 is 2.59 bits per heavy atom. The zero-order chi connectivity index (χ0) is 12.1. The van der Waals surface area contributed by atoms with Gasteiger partial charge in [0.2, 0.25) is 0 Å². The third-order valence-electron chi connectivity index (χ3n) is 2.51. The molecule has 0 bridgehead atoms. The average Bonchev–Trinajstić information content (AvgIpc) is 2.38. The van der Waals surface area contributed by atoms with E-state index < -0.39 is 0 Å². The van der Waals surface area contributed by atoms with Crippen molar-refractivity contribution in [3.8, 4) is 0 Å².